The van der Waals surface area contributed by atoms with Crippen molar-refractivity contribution in [3.05, 3.63) is 24.7 Å². The third kappa shape index (κ3) is 1.38. The van der Waals surface area contributed by atoms with E-state index in [2.05, 4.69) is 9.97 Å². The molecule has 0 aliphatic rings. The van der Waals surface area contributed by atoms with Gasteiger partial charge in [0, 0.05) is 12.4 Å². The summed E-state index contributed by atoms with van der Waals surface area (Å²) >= 11 is 0. The maximum Gasteiger partial charge on any atom is 0.257 e. The van der Waals surface area contributed by atoms with E-state index in [1.54, 1.807) is 12.3 Å². The zero-order valence-corrected chi connectivity index (χ0v) is 7.27. The molecule has 0 aliphatic heterocycles. The molecule has 0 aromatic carbocycles. The summed E-state index contributed by atoms with van der Waals surface area (Å²) in [4.78, 5) is 7.57. The third-order valence-electron chi connectivity index (χ3n) is 1.50. The highest BCUT2D eigenvalue weighted by atomic mass is 32.2. The molecule has 2 N–H and O–H groups in total. The van der Waals surface area contributed by atoms with E-state index in [4.69, 9.17) is 5.14 Å². The summed E-state index contributed by atoms with van der Waals surface area (Å²) < 4.78 is 23.2. The van der Waals surface area contributed by atoms with Gasteiger partial charge in [-0.05, 0) is 6.07 Å². The monoisotopic (exact) mass is 198 g/mol. The zero-order chi connectivity index (χ0) is 9.47. The van der Waals surface area contributed by atoms with Gasteiger partial charge >= 0.3 is 0 Å². The average Bonchev–Trinajstić information content (AvgIpc) is 2.45. The van der Waals surface area contributed by atoms with Gasteiger partial charge in [-0.1, -0.05) is 0 Å². The molecule has 0 bridgehead atoms. The number of nitrogens with zero attached hydrogens (tertiary/aromatic N) is 3. The van der Waals surface area contributed by atoms with E-state index in [9.17, 15) is 8.42 Å². The number of imidazole rings is 1. The summed E-state index contributed by atoms with van der Waals surface area (Å²) in [5.74, 6) is 0.312. The van der Waals surface area contributed by atoms with E-state index >= 15 is 0 Å². The number of fused-ring (bicyclic) bond motifs is 1. The van der Waals surface area contributed by atoms with Crippen molar-refractivity contribution >= 4 is 15.8 Å². The maximum atomic E-state index is 10.9. The molecule has 0 unspecified atom stereocenters. The van der Waals surface area contributed by atoms with Gasteiger partial charge in [-0.2, -0.15) is 4.98 Å². The molecule has 13 heavy (non-hydrogen) atoms. The molecule has 68 valence electrons. The fraction of sp³-hybridized carbons (Fsp3) is 0. The molecule has 0 atom stereocenters. The SMILES string of the molecule is NS(=O)(=O)c1cn2cccnc2n1. The number of rotatable bonds is 1. The lowest BCUT2D eigenvalue weighted by molar-refractivity contribution is 0.595. The van der Waals surface area contributed by atoms with Crippen LogP contribution >= 0.6 is 0 Å². The standard InChI is InChI=1S/C6H6N4O2S/c7-13(11,12)5-4-10-3-1-2-8-6(10)9-5/h1-4H,(H2,7,11,12). The molecule has 0 aliphatic carbocycles. The lowest BCUT2D eigenvalue weighted by atomic mass is 10.7. The van der Waals surface area contributed by atoms with Gasteiger partial charge in [0.05, 0.1) is 6.20 Å². The molecule has 6 nitrogen and oxygen atoms in total. The fourth-order valence-corrected chi connectivity index (χ4v) is 1.41. The van der Waals surface area contributed by atoms with Crippen LogP contribution in [-0.4, -0.2) is 22.8 Å². The molecule has 0 saturated carbocycles. The minimum atomic E-state index is -3.74. The quantitative estimate of drug-likeness (QED) is 0.661. The highest BCUT2D eigenvalue weighted by molar-refractivity contribution is 7.89. The van der Waals surface area contributed by atoms with Crippen LogP contribution in [0, 0.1) is 0 Å². The molecule has 2 heterocycles. The largest absolute Gasteiger partial charge is 0.290 e. The van der Waals surface area contributed by atoms with Crippen LogP contribution in [0.1, 0.15) is 0 Å². The van der Waals surface area contributed by atoms with Crippen LogP contribution in [-0.2, 0) is 10.0 Å². The van der Waals surface area contributed by atoms with Gasteiger partial charge in [0.15, 0.2) is 5.03 Å². The van der Waals surface area contributed by atoms with Gasteiger partial charge in [-0.15, -0.1) is 0 Å². The number of hydrogen-bond donors (Lipinski definition) is 1. The molecule has 0 spiro atoms. The van der Waals surface area contributed by atoms with Crippen LogP contribution in [0.4, 0.5) is 0 Å². The highest BCUT2D eigenvalue weighted by Gasteiger charge is 2.12. The maximum absolute atomic E-state index is 10.9. The summed E-state index contributed by atoms with van der Waals surface area (Å²) in [5, 5.41) is 4.71. The summed E-state index contributed by atoms with van der Waals surface area (Å²) in [6.45, 7) is 0. The normalized spacial score (nSPS) is 12.1. The van der Waals surface area contributed by atoms with E-state index in [0.29, 0.717) is 5.78 Å². The second-order valence-corrected chi connectivity index (χ2v) is 3.96. The van der Waals surface area contributed by atoms with Crippen molar-refractivity contribution in [1.82, 2.24) is 14.4 Å². The Morgan fingerprint density at radius 1 is 1.46 bits per heavy atom. The van der Waals surface area contributed by atoms with E-state index in [0.717, 1.165) is 0 Å². The lowest BCUT2D eigenvalue weighted by Crippen LogP contribution is -2.12. The molecule has 2 aromatic rings. The summed E-state index contributed by atoms with van der Waals surface area (Å²) in [6, 6.07) is 1.67. The number of aromatic nitrogens is 3. The molecular weight excluding hydrogens is 192 g/mol. The van der Waals surface area contributed by atoms with Crippen LogP contribution in [0.3, 0.4) is 0 Å². The Morgan fingerprint density at radius 2 is 2.23 bits per heavy atom. The minimum Gasteiger partial charge on any atom is -0.290 e. The Labute approximate surface area is 74.1 Å². The second kappa shape index (κ2) is 2.51. The topological polar surface area (TPSA) is 90.4 Å². The van der Waals surface area contributed by atoms with Gasteiger partial charge < -0.3 is 0 Å². The van der Waals surface area contributed by atoms with Crippen LogP contribution in [0.25, 0.3) is 5.78 Å². The molecule has 0 radical (unpaired) electrons. The highest BCUT2D eigenvalue weighted by Crippen LogP contribution is 2.05. The van der Waals surface area contributed by atoms with E-state index in [1.165, 1.54) is 16.8 Å². The first kappa shape index (κ1) is 8.14. The predicted octanol–water partition coefficient (Wildman–Crippen LogP) is -0.623. The molecule has 2 aromatic heterocycles. The Morgan fingerprint density at radius 3 is 2.85 bits per heavy atom. The first-order valence-electron chi connectivity index (χ1n) is 3.40. The van der Waals surface area contributed by atoms with Crippen molar-refractivity contribution in [3.63, 3.8) is 0 Å². The first-order valence-corrected chi connectivity index (χ1v) is 4.94. The van der Waals surface area contributed by atoms with Gasteiger partial charge in [0.25, 0.3) is 10.0 Å². The number of hydrogen-bond acceptors (Lipinski definition) is 4. The first-order chi connectivity index (χ1) is 6.07. The Kier molecular flexibility index (Phi) is 1.57. The van der Waals surface area contributed by atoms with Gasteiger partial charge in [0.1, 0.15) is 0 Å². The average molecular weight is 198 g/mol. The van der Waals surface area contributed by atoms with Crippen LogP contribution in [0.15, 0.2) is 29.7 Å². The van der Waals surface area contributed by atoms with Crippen molar-refractivity contribution in [1.29, 1.82) is 0 Å². The molecule has 0 amide bonds. The predicted molar refractivity (Wildman–Crippen MR) is 44.4 cm³/mol. The second-order valence-electron chi connectivity index (χ2n) is 2.45. The van der Waals surface area contributed by atoms with Crippen LogP contribution in [0.5, 0.6) is 0 Å². The van der Waals surface area contributed by atoms with Crippen molar-refractivity contribution in [3.8, 4) is 0 Å². The molecule has 0 saturated heterocycles. The van der Waals surface area contributed by atoms with Gasteiger partial charge in [-0.3, -0.25) is 4.40 Å². The van der Waals surface area contributed by atoms with E-state index < -0.39 is 10.0 Å². The summed E-state index contributed by atoms with van der Waals surface area (Å²) in [6.07, 6.45) is 4.48. The fourth-order valence-electron chi connectivity index (χ4n) is 0.945. The molecule has 0 fully saturated rings. The van der Waals surface area contributed by atoms with Crippen molar-refractivity contribution in [2.24, 2.45) is 5.14 Å². The zero-order valence-electron chi connectivity index (χ0n) is 6.45. The molecule has 2 rings (SSSR count). The number of sulfonamides is 1. The smallest absolute Gasteiger partial charge is 0.257 e. The number of nitrogens with two attached hydrogens (primary N) is 1. The minimum absolute atomic E-state index is 0.175. The summed E-state index contributed by atoms with van der Waals surface area (Å²) in [7, 11) is -3.74. The van der Waals surface area contributed by atoms with E-state index in [-0.39, 0.29) is 5.03 Å². The molecular formula is C6H6N4O2S. The van der Waals surface area contributed by atoms with Gasteiger partial charge in [0.2, 0.25) is 5.78 Å². The third-order valence-corrected chi connectivity index (χ3v) is 2.28. The van der Waals surface area contributed by atoms with E-state index in [1.807, 2.05) is 0 Å². The van der Waals surface area contributed by atoms with Crippen LogP contribution < -0.4 is 5.14 Å². The van der Waals surface area contributed by atoms with Crippen molar-refractivity contribution in [2.75, 3.05) is 0 Å². The van der Waals surface area contributed by atoms with Crippen molar-refractivity contribution < 1.29 is 8.42 Å². The number of primary sulfonamides is 1. The van der Waals surface area contributed by atoms with Gasteiger partial charge in [-0.25, -0.2) is 18.5 Å². The summed E-state index contributed by atoms with van der Waals surface area (Å²) in [5.41, 5.74) is 0. The Hall–Kier alpha value is -1.47. The van der Waals surface area contributed by atoms with Crippen LogP contribution in [0.2, 0.25) is 0 Å². The Balaban J connectivity index is 2.77. The van der Waals surface area contributed by atoms with Crippen molar-refractivity contribution in [2.45, 2.75) is 5.03 Å². The molecule has 7 heteroatoms. The Bertz CT molecular complexity index is 512. The lowest BCUT2D eigenvalue weighted by Gasteiger charge is -1.86.